The quantitative estimate of drug-likeness (QED) is 0.567. The van der Waals surface area contributed by atoms with Crippen molar-refractivity contribution in [2.75, 3.05) is 42.9 Å². The fourth-order valence-electron chi connectivity index (χ4n) is 4.10. The Kier molecular flexibility index (Phi) is 6.77. The molecule has 31 heavy (non-hydrogen) atoms. The summed E-state index contributed by atoms with van der Waals surface area (Å²) < 4.78 is 13.6. The molecule has 2 heterocycles. The number of para-hydroxylation sites is 1. The van der Waals surface area contributed by atoms with E-state index in [1.165, 1.54) is 6.07 Å². The Morgan fingerprint density at radius 3 is 2.68 bits per heavy atom. The van der Waals surface area contributed by atoms with Gasteiger partial charge < -0.3 is 10.2 Å². The minimum absolute atomic E-state index is 0.00850. The molecule has 0 spiro atoms. The molecule has 1 N–H and O–H groups in total. The van der Waals surface area contributed by atoms with Crippen LogP contribution in [0.3, 0.4) is 0 Å². The maximum atomic E-state index is 13.6. The van der Waals surface area contributed by atoms with Gasteiger partial charge in [0.05, 0.1) is 5.52 Å². The summed E-state index contributed by atoms with van der Waals surface area (Å²) in [5.41, 5.74) is 2.99. The highest BCUT2D eigenvalue weighted by molar-refractivity contribution is 5.91. The van der Waals surface area contributed by atoms with Crippen LogP contribution < -0.4 is 10.2 Å². The molecule has 1 aliphatic rings. The van der Waals surface area contributed by atoms with Crippen LogP contribution in [0.15, 0.2) is 54.6 Å². The van der Waals surface area contributed by atoms with Crippen molar-refractivity contribution in [3.8, 4) is 0 Å². The highest BCUT2D eigenvalue weighted by atomic mass is 19.1. The average molecular weight is 421 g/mol. The van der Waals surface area contributed by atoms with E-state index in [1.807, 2.05) is 49.4 Å². The van der Waals surface area contributed by atoms with Crippen molar-refractivity contribution in [2.45, 2.75) is 26.2 Å². The van der Waals surface area contributed by atoms with Gasteiger partial charge in [-0.15, -0.1) is 0 Å². The van der Waals surface area contributed by atoms with Gasteiger partial charge >= 0.3 is 0 Å². The van der Waals surface area contributed by atoms with Crippen LogP contribution in [0, 0.1) is 12.7 Å². The van der Waals surface area contributed by atoms with Gasteiger partial charge in [-0.2, -0.15) is 0 Å². The molecule has 1 aromatic heterocycles. The predicted octanol–water partition coefficient (Wildman–Crippen LogP) is 4.61. The zero-order valence-electron chi connectivity index (χ0n) is 18.0. The molecule has 4 rings (SSSR count). The van der Waals surface area contributed by atoms with Gasteiger partial charge in [-0.05, 0) is 62.2 Å². The highest BCUT2D eigenvalue weighted by Crippen LogP contribution is 2.22. The number of piperazine rings is 1. The van der Waals surface area contributed by atoms with E-state index < -0.39 is 0 Å². The maximum absolute atomic E-state index is 13.6. The number of hydrogen-bond acceptors (Lipinski definition) is 4. The number of rotatable bonds is 7. The fraction of sp³-hybridized carbons (Fsp3) is 0.360. The van der Waals surface area contributed by atoms with E-state index in [0.717, 1.165) is 67.7 Å². The Labute approximate surface area is 182 Å². The third kappa shape index (κ3) is 5.58. The van der Waals surface area contributed by atoms with E-state index in [2.05, 4.69) is 20.1 Å². The summed E-state index contributed by atoms with van der Waals surface area (Å²) in [5.74, 6) is 0.432. The molecule has 1 aliphatic heterocycles. The minimum Gasteiger partial charge on any atom is -0.369 e. The lowest BCUT2D eigenvalue weighted by Gasteiger charge is -2.36. The third-order valence-electron chi connectivity index (χ3n) is 5.88. The van der Waals surface area contributed by atoms with Crippen molar-refractivity contribution in [1.82, 2.24) is 9.88 Å². The molecule has 0 unspecified atom stereocenters. The van der Waals surface area contributed by atoms with Gasteiger partial charge in [-0.3, -0.25) is 9.69 Å². The number of pyridine rings is 1. The minimum atomic E-state index is -0.180. The Bertz CT molecular complexity index is 1050. The normalized spacial score (nSPS) is 14.7. The van der Waals surface area contributed by atoms with Crippen LogP contribution in [0.2, 0.25) is 0 Å². The van der Waals surface area contributed by atoms with Crippen LogP contribution in [-0.4, -0.2) is 48.5 Å². The molecule has 1 amide bonds. The number of carbonyl (C=O) groups is 1. The molecule has 6 heteroatoms. The summed E-state index contributed by atoms with van der Waals surface area (Å²) in [6.07, 6.45) is 2.33. The number of nitrogens with one attached hydrogen (secondary N) is 1. The number of fused-ring (bicyclic) bond motifs is 1. The number of anilines is 2. The molecule has 0 bridgehead atoms. The second kappa shape index (κ2) is 9.88. The lowest BCUT2D eigenvalue weighted by molar-refractivity contribution is -0.116. The monoisotopic (exact) mass is 420 g/mol. The molecular formula is C25H29FN4O. The van der Waals surface area contributed by atoms with Gasteiger partial charge in [0, 0.05) is 43.7 Å². The first kappa shape index (κ1) is 21.2. The SMILES string of the molecule is Cc1ccc(F)cc1N1CCN(CCCCC(=O)Nc2ccc3ccccc3n2)CC1. The van der Waals surface area contributed by atoms with Crippen LogP contribution in [0.1, 0.15) is 24.8 Å². The van der Waals surface area contributed by atoms with E-state index in [4.69, 9.17) is 0 Å². The van der Waals surface area contributed by atoms with Crippen molar-refractivity contribution >= 4 is 28.3 Å². The number of hydrogen-bond donors (Lipinski definition) is 1. The van der Waals surface area contributed by atoms with Crippen LogP contribution in [-0.2, 0) is 4.79 Å². The predicted molar refractivity (Wildman–Crippen MR) is 124 cm³/mol. The topological polar surface area (TPSA) is 48.5 Å². The van der Waals surface area contributed by atoms with Gasteiger partial charge in [0.15, 0.2) is 0 Å². The third-order valence-corrected chi connectivity index (χ3v) is 5.88. The van der Waals surface area contributed by atoms with Crippen molar-refractivity contribution in [1.29, 1.82) is 0 Å². The number of carbonyl (C=O) groups excluding carboxylic acids is 1. The zero-order chi connectivity index (χ0) is 21.6. The van der Waals surface area contributed by atoms with Crippen LogP contribution >= 0.6 is 0 Å². The van der Waals surface area contributed by atoms with E-state index >= 15 is 0 Å². The van der Waals surface area contributed by atoms with Gasteiger partial charge in [0.2, 0.25) is 5.91 Å². The molecule has 1 fully saturated rings. The fourth-order valence-corrected chi connectivity index (χ4v) is 4.10. The molecule has 2 aromatic carbocycles. The molecule has 0 atom stereocenters. The lowest BCUT2D eigenvalue weighted by Crippen LogP contribution is -2.46. The van der Waals surface area contributed by atoms with Crippen molar-refractivity contribution in [2.24, 2.45) is 0 Å². The number of amides is 1. The number of halogens is 1. The van der Waals surface area contributed by atoms with Crippen molar-refractivity contribution in [3.05, 3.63) is 66.0 Å². The standard InChI is InChI=1S/C25H29FN4O/c1-19-9-11-21(26)18-23(19)30-16-14-29(15-17-30)13-5-4-8-25(31)28-24-12-10-20-6-2-3-7-22(20)27-24/h2-3,6-7,9-12,18H,4-5,8,13-17H2,1H3,(H,27,28,31). The molecule has 0 aliphatic carbocycles. The second-order valence-electron chi connectivity index (χ2n) is 8.15. The number of nitrogens with zero attached hydrogens (tertiary/aromatic N) is 3. The molecule has 0 radical (unpaired) electrons. The zero-order valence-corrected chi connectivity index (χ0v) is 18.0. The first-order chi connectivity index (χ1) is 15.1. The van der Waals surface area contributed by atoms with Crippen LogP contribution in [0.5, 0.6) is 0 Å². The number of aryl methyl sites for hydroxylation is 1. The Morgan fingerprint density at radius 2 is 1.84 bits per heavy atom. The van der Waals surface area contributed by atoms with E-state index in [9.17, 15) is 9.18 Å². The largest absolute Gasteiger partial charge is 0.369 e. The molecule has 3 aromatic rings. The Balaban J connectivity index is 1.16. The van der Waals surface area contributed by atoms with Gasteiger partial charge in [0.1, 0.15) is 11.6 Å². The summed E-state index contributed by atoms with van der Waals surface area (Å²) >= 11 is 0. The maximum Gasteiger partial charge on any atom is 0.225 e. The Hall–Kier alpha value is -2.99. The van der Waals surface area contributed by atoms with Crippen molar-refractivity contribution < 1.29 is 9.18 Å². The number of unbranched alkanes of at least 4 members (excludes halogenated alkanes) is 1. The summed E-state index contributed by atoms with van der Waals surface area (Å²) in [5, 5.41) is 3.97. The summed E-state index contributed by atoms with van der Waals surface area (Å²) in [6.45, 7) is 6.74. The summed E-state index contributed by atoms with van der Waals surface area (Å²) in [7, 11) is 0. The van der Waals surface area contributed by atoms with E-state index in [0.29, 0.717) is 12.2 Å². The van der Waals surface area contributed by atoms with Crippen LogP contribution in [0.25, 0.3) is 10.9 Å². The number of aromatic nitrogens is 1. The molecular weight excluding hydrogens is 391 g/mol. The smallest absolute Gasteiger partial charge is 0.225 e. The van der Waals surface area contributed by atoms with E-state index in [-0.39, 0.29) is 11.7 Å². The molecule has 162 valence electrons. The van der Waals surface area contributed by atoms with E-state index in [1.54, 1.807) is 6.07 Å². The summed E-state index contributed by atoms with van der Waals surface area (Å²) in [4.78, 5) is 21.4. The lowest BCUT2D eigenvalue weighted by atomic mass is 10.1. The first-order valence-electron chi connectivity index (χ1n) is 11.0. The molecule has 0 saturated carbocycles. The van der Waals surface area contributed by atoms with Gasteiger partial charge in [-0.1, -0.05) is 24.3 Å². The Morgan fingerprint density at radius 1 is 1.03 bits per heavy atom. The van der Waals surface area contributed by atoms with Gasteiger partial charge in [0.25, 0.3) is 0 Å². The van der Waals surface area contributed by atoms with Crippen LogP contribution in [0.4, 0.5) is 15.9 Å². The average Bonchev–Trinajstić information content (AvgIpc) is 2.79. The van der Waals surface area contributed by atoms with Crippen molar-refractivity contribution in [3.63, 3.8) is 0 Å². The number of benzene rings is 2. The molecule has 1 saturated heterocycles. The first-order valence-corrected chi connectivity index (χ1v) is 11.0. The highest BCUT2D eigenvalue weighted by Gasteiger charge is 2.18. The second-order valence-corrected chi connectivity index (χ2v) is 8.15. The van der Waals surface area contributed by atoms with Gasteiger partial charge in [-0.25, -0.2) is 9.37 Å². The molecule has 5 nitrogen and oxygen atoms in total. The summed E-state index contributed by atoms with van der Waals surface area (Å²) in [6, 6.07) is 16.7.